The van der Waals surface area contributed by atoms with Gasteiger partial charge in [0.05, 0.1) is 0 Å². The van der Waals surface area contributed by atoms with Gasteiger partial charge in [-0.1, -0.05) is 23.2 Å². The van der Waals surface area contributed by atoms with Crippen molar-refractivity contribution in [1.29, 1.82) is 0 Å². The first-order chi connectivity index (χ1) is 10.7. The molecule has 4 nitrogen and oxygen atoms in total. The van der Waals surface area contributed by atoms with E-state index < -0.39 is 0 Å². The van der Waals surface area contributed by atoms with Gasteiger partial charge in [-0.15, -0.1) is 0 Å². The van der Waals surface area contributed by atoms with Crippen LogP contribution in [0.3, 0.4) is 0 Å². The molecule has 0 aromatic heterocycles. The summed E-state index contributed by atoms with van der Waals surface area (Å²) in [6, 6.07) is 7.59. The number of rotatable bonds is 4. The zero-order valence-corrected chi connectivity index (χ0v) is 15.3. The number of nitrogen functional groups attached to an aromatic ring is 2. The van der Waals surface area contributed by atoms with E-state index in [0.717, 1.165) is 22.5 Å². The van der Waals surface area contributed by atoms with Gasteiger partial charge >= 0.3 is 0 Å². The Morgan fingerprint density at radius 1 is 0.739 bits per heavy atom. The number of hydrogen-bond donors (Lipinski definition) is 2. The summed E-state index contributed by atoms with van der Waals surface area (Å²) in [4.78, 5) is 3.92. The van der Waals surface area contributed by atoms with E-state index in [-0.39, 0.29) is 0 Å². The summed E-state index contributed by atoms with van der Waals surface area (Å²) in [6.07, 6.45) is 0.497. The van der Waals surface area contributed by atoms with Gasteiger partial charge in [-0.25, -0.2) is 0 Å². The van der Waals surface area contributed by atoms with Gasteiger partial charge in [0, 0.05) is 67.4 Å². The molecule has 0 saturated heterocycles. The summed E-state index contributed by atoms with van der Waals surface area (Å²) in [7, 11) is 7.78. The Hall–Kier alpha value is -1.78. The van der Waals surface area contributed by atoms with Crippen LogP contribution in [0.4, 0.5) is 22.7 Å². The molecule has 4 N–H and O–H groups in total. The van der Waals surface area contributed by atoms with Crippen LogP contribution in [0.25, 0.3) is 0 Å². The summed E-state index contributed by atoms with van der Waals surface area (Å²) in [5.74, 6) is 0. The van der Waals surface area contributed by atoms with Gasteiger partial charge in [0.25, 0.3) is 0 Å². The average Bonchev–Trinajstić information content (AvgIpc) is 2.44. The van der Waals surface area contributed by atoms with E-state index in [9.17, 15) is 0 Å². The molecule has 2 aromatic carbocycles. The fourth-order valence-electron chi connectivity index (χ4n) is 2.35. The minimum Gasteiger partial charge on any atom is -0.398 e. The maximum absolute atomic E-state index is 6.42. The van der Waals surface area contributed by atoms with E-state index in [4.69, 9.17) is 34.7 Å². The van der Waals surface area contributed by atoms with Crippen molar-refractivity contribution in [2.24, 2.45) is 0 Å². The second kappa shape index (κ2) is 6.77. The molecule has 6 heteroatoms. The molecule has 0 aliphatic rings. The number of nitrogens with two attached hydrogens (primary N) is 2. The van der Waals surface area contributed by atoms with E-state index in [1.54, 1.807) is 0 Å². The van der Waals surface area contributed by atoms with Crippen LogP contribution in [0, 0.1) is 0 Å². The fourth-order valence-corrected chi connectivity index (χ4v) is 2.93. The highest BCUT2D eigenvalue weighted by Gasteiger charge is 2.14. The molecule has 0 spiro atoms. The number of nitrogens with zero attached hydrogens (tertiary/aromatic N) is 2. The maximum atomic E-state index is 6.42. The van der Waals surface area contributed by atoms with E-state index in [1.807, 2.05) is 62.3 Å². The highest BCUT2D eigenvalue weighted by molar-refractivity contribution is 6.33. The quantitative estimate of drug-likeness (QED) is 0.819. The maximum Gasteiger partial charge on any atom is 0.0482 e. The van der Waals surface area contributed by atoms with Gasteiger partial charge in [-0.3, -0.25) is 0 Å². The Morgan fingerprint density at radius 2 is 1.09 bits per heavy atom. The van der Waals surface area contributed by atoms with Crippen LogP contribution in [0.5, 0.6) is 0 Å². The summed E-state index contributed by atoms with van der Waals surface area (Å²) in [6.45, 7) is 0. The molecule has 0 aliphatic heterocycles. The van der Waals surface area contributed by atoms with E-state index >= 15 is 0 Å². The molecular formula is C17H22Cl2N4. The molecule has 0 aliphatic carbocycles. The first-order valence-corrected chi connectivity index (χ1v) is 7.96. The zero-order chi connectivity index (χ0) is 17.3. The summed E-state index contributed by atoms with van der Waals surface area (Å²) < 4.78 is 0. The predicted molar refractivity (Wildman–Crippen MR) is 103 cm³/mol. The molecule has 124 valence electrons. The normalized spacial score (nSPS) is 10.7. The Labute approximate surface area is 147 Å². The molecule has 0 saturated carbocycles. The zero-order valence-electron chi connectivity index (χ0n) is 13.8. The minimum absolute atomic E-state index is 0.497. The monoisotopic (exact) mass is 352 g/mol. The molecular weight excluding hydrogens is 331 g/mol. The number of hydrogen-bond acceptors (Lipinski definition) is 4. The highest BCUT2D eigenvalue weighted by atomic mass is 35.5. The third-order valence-electron chi connectivity index (χ3n) is 3.82. The molecule has 0 atom stereocenters. The van der Waals surface area contributed by atoms with Gasteiger partial charge in [-0.2, -0.15) is 0 Å². The molecule has 2 rings (SSSR count). The Balaban J connectivity index is 2.44. The van der Waals surface area contributed by atoms with E-state index in [2.05, 4.69) is 0 Å². The van der Waals surface area contributed by atoms with Crippen molar-refractivity contribution in [2.75, 3.05) is 49.5 Å². The third kappa shape index (κ3) is 3.77. The molecule has 0 amide bonds. The average molecular weight is 353 g/mol. The van der Waals surface area contributed by atoms with Crippen LogP contribution in [-0.4, -0.2) is 28.2 Å². The lowest BCUT2D eigenvalue weighted by Gasteiger charge is -2.19. The lowest BCUT2D eigenvalue weighted by Crippen LogP contribution is -2.11. The lowest BCUT2D eigenvalue weighted by atomic mass is 10.0. The first kappa shape index (κ1) is 17.6. The van der Waals surface area contributed by atoms with Gasteiger partial charge in [0.2, 0.25) is 0 Å². The minimum atomic E-state index is 0.497. The van der Waals surface area contributed by atoms with Crippen molar-refractivity contribution in [1.82, 2.24) is 0 Å². The SMILES string of the molecule is CN(C)c1cc(N)c(Cc2c(N)cc(N(C)C)cc2Cl)c(Cl)c1. The van der Waals surface area contributed by atoms with E-state index in [0.29, 0.717) is 27.8 Å². The largest absolute Gasteiger partial charge is 0.398 e. The van der Waals surface area contributed by atoms with E-state index in [1.165, 1.54) is 0 Å². The van der Waals surface area contributed by atoms with Gasteiger partial charge in [0.1, 0.15) is 0 Å². The topological polar surface area (TPSA) is 58.5 Å². The van der Waals surface area contributed by atoms with Gasteiger partial charge in [0.15, 0.2) is 0 Å². The standard InChI is InChI=1S/C17H22Cl2N4/c1-22(2)10-5-14(18)12(16(20)7-10)9-13-15(19)6-11(23(3)4)8-17(13)21/h5-8H,9,20-21H2,1-4H3. The molecule has 0 heterocycles. The van der Waals surface area contributed by atoms with Crippen molar-refractivity contribution < 1.29 is 0 Å². The van der Waals surface area contributed by atoms with Crippen LogP contribution in [0.15, 0.2) is 24.3 Å². The summed E-state index contributed by atoms with van der Waals surface area (Å²) in [5, 5.41) is 1.22. The Bertz CT molecular complexity index is 619. The molecule has 0 unspecified atom stereocenters. The van der Waals surface area contributed by atoms with Crippen molar-refractivity contribution in [2.45, 2.75) is 6.42 Å². The van der Waals surface area contributed by atoms with Crippen molar-refractivity contribution in [3.05, 3.63) is 45.4 Å². The number of anilines is 4. The van der Waals surface area contributed by atoms with Gasteiger partial charge in [-0.05, 0) is 35.4 Å². The molecule has 23 heavy (non-hydrogen) atoms. The Morgan fingerprint density at radius 3 is 1.35 bits per heavy atom. The molecule has 2 aromatic rings. The third-order valence-corrected chi connectivity index (χ3v) is 4.49. The summed E-state index contributed by atoms with van der Waals surface area (Å²) in [5.41, 5.74) is 17.2. The molecule has 0 bridgehead atoms. The van der Waals surface area contributed by atoms with Crippen LogP contribution in [0.1, 0.15) is 11.1 Å². The molecule has 0 radical (unpaired) electrons. The van der Waals surface area contributed by atoms with Crippen molar-refractivity contribution in [3.8, 4) is 0 Å². The van der Waals surface area contributed by atoms with Crippen LogP contribution >= 0.6 is 23.2 Å². The first-order valence-electron chi connectivity index (χ1n) is 7.21. The second-order valence-corrected chi connectivity index (χ2v) is 6.77. The van der Waals surface area contributed by atoms with Crippen LogP contribution in [-0.2, 0) is 6.42 Å². The number of halogens is 2. The van der Waals surface area contributed by atoms with Crippen LogP contribution < -0.4 is 21.3 Å². The van der Waals surface area contributed by atoms with Crippen molar-refractivity contribution in [3.63, 3.8) is 0 Å². The molecule has 0 fully saturated rings. The predicted octanol–water partition coefficient (Wildman–Crippen LogP) is 3.88. The second-order valence-electron chi connectivity index (χ2n) is 5.96. The van der Waals surface area contributed by atoms with Crippen LogP contribution in [0.2, 0.25) is 10.0 Å². The van der Waals surface area contributed by atoms with Crippen molar-refractivity contribution >= 4 is 46.0 Å². The Kier molecular flexibility index (Phi) is 5.17. The highest BCUT2D eigenvalue weighted by Crippen LogP contribution is 2.35. The summed E-state index contributed by atoms with van der Waals surface area (Å²) >= 11 is 12.8. The van der Waals surface area contributed by atoms with Gasteiger partial charge < -0.3 is 21.3 Å². The number of benzene rings is 2. The lowest BCUT2D eigenvalue weighted by molar-refractivity contribution is 1.11. The fraction of sp³-hybridized carbons (Fsp3) is 0.294. The smallest absolute Gasteiger partial charge is 0.0482 e.